The SMILES string of the molecule is C[C@H](NC(=O)CCNc1nc(C2CC2)nc2ccccc12)c1ccccc1. The van der Waals surface area contributed by atoms with Crippen LogP contribution < -0.4 is 10.6 Å². The summed E-state index contributed by atoms with van der Waals surface area (Å²) in [7, 11) is 0. The Morgan fingerprint density at radius 3 is 2.59 bits per heavy atom. The van der Waals surface area contributed by atoms with Crippen molar-refractivity contribution >= 4 is 22.6 Å². The largest absolute Gasteiger partial charge is 0.369 e. The van der Waals surface area contributed by atoms with Gasteiger partial charge in [-0.05, 0) is 37.5 Å². The van der Waals surface area contributed by atoms with Crippen LogP contribution in [0.4, 0.5) is 5.82 Å². The molecule has 1 amide bonds. The summed E-state index contributed by atoms with van der Waals surface area (Å²) in [6, 6.07) is 18.0. The van der Waals surface area contributed by atoms with Gasteiger partial charge in [0, 0.05) is 24.3 Å². The number of nitrogens with zero attached hydrogens (tertiary/aromatic N) is 2. The molecule has 0 radical (unpaired) electrons. The number of nitrogens with one attached hydrogen (secondary N) is 2. The molecule has 1 aliphatic carbocycles. The smallest absolute Gasteiger partial charge is 0.222 e. The summed E-state index contributed by atoms with van der Waals surface area (Å²) < 4.78 is 0. The van der Waals surface area contributed by atoms with Crippen molar-refractivity contribution in [3.8, 4) is 0 Å². The maximum Gasteiger partial charge on any atom is 0.222 e. The van der Waals surface area contributed by atoms with Crippen LogP contribution in [0, 0.1) is 0 Å². The Kier molecular flexibility index (Phi) is 5.01. The highest BCUT2D eigenvalue weighted by atomic mass is 16.1. The Labute approximate surface area is 159 Å². The maximum absolute atomic E-state index is 12.3. The van der Waals surface area contributed by atoms with Gasteiger partial charge in [-0.3, -0.25) is 4.79 Å². The molecule has 1 aromatic heterocycles. The number of hydrogen-bond donors (Lipinski definition) is 2. The van der Waals surface area contributed by atoms with Crippen molar-refractivity contribution in [2.75, 3.05) is 11.9 Å². The molecule has 1 aliphatic rings. The van der Waals surface area contributed by atoms with E-state index in [1.165, 1.54) is 0 Å². The summed E-state index contributed by atoms with van der Waals surface area (Å²) in [6.45, 7) is 2.54. The molecule has 1 fully saturated rings. The average molecular weight is 360 g/mol. The molecule has 2 N–H and O–H groups in total. The second-order valence-corrected chi connectivity index (χ2v) is 7.10. The van der Waals surface area contributed by atoms with E-state index in [0.29, 0.717) is 18.9 Å². The van der Waals surface area contributed by atoms with Gasteiger partial charge >= 0.3 is 0 Å². The minimum atomic E-state index is 0.0000460. The lowest BCUT2D eigenvalue weighted by Crippen LogP contribution is -2.28. The monoisotopic (exact) mass is 360 g/mol. The van der Waals surface area contributed by atoms with E-state index >= 15 is 0 Å². The van der Waals surface area contributed by atoms with Crippen LogP contribution in [-0.2, 0) is 4.79 Å². The molecule has 1 heterocycles. The molecule has 4 rings (SSSR count). The molecule has 5 heteroatoms. The number of aromatic nitrogens is 2. The Balaban J connectivity index is 1.38. The second-order valence-electron chi connectivity index (χ2n) is 7.10. The van der Waals surface area contributed by atoms with E-state index in [1.54, 1.807) is 0 Å². The average Bonchev–Trinajstić information content (AvgIpc) is 3.54. The Morgan fingerprint density at radius 2 is 1.81 bits per heavy atom. The van der Waals surface area contributed by atoms with E-state index in [2.05, 4.69) is 15.6 Å². The van der Waals surface area contributed by atoms with Crippen LogP contribution in [-0.4, -0.2) is 22.4 Å². The van der Waals surface area contributed by atoms with Crippen molar-refractivity contribution in [3.05, 3.63) is 66.0 Å². The van der Waals surface area contributed by atoms with Gasteiger partial charge in [0.2, 0.25) is 5.91 Å². The third kappa shape index (κ3) is 4.25. The lowest BCUT2D eigenvalue weighted by atomic mass is 10.1. The molecule has 0 saturated heterocycles. The van der Waals surface area contributed by atoms with Crippen LogP contribution >= 0.6 is 0 Å². The van der Waals surface area contributed by atoms with Gasteiger partial charge in [0.25, 0.3) is 0 Å². The molecule has 0 bridgehead atoms. The fourth-order valence-electron chi connectivity index (χ4n) is 3.19. The highest BCUT2D eigenvalue weighted by Gasteiger charge is 2.27. The van der Waals surface area contributed by atoms with Crippen LogP contribution in [0.5, 0.6) is 0 Å². The van der Waals surface area contributed by atoms with E-state index in [9.17, 15) is 4.79 Å². The van der Waals surface area contributed by atoms with Crippen molar-refractivity contribution in [2.24, 2.45) is 0 Å². The molecule has 3 aromatic rings. The number of amides is 1. The quantitative estimate of drug-likeness (QED) is 0.663. The number of carbonyl (C=O) groups excluding carboxylic acids is 1. The predicted molar refractivity (Wildman–Crippen MR) is 108 cm³/mol. The van der Waals surface area contributed by atoms with Crippen LogP contribution in [0.2, 0.25) is 0 Å². The zero-order valence-corrected chi connectivity index (χ0v) is 15.5. The first-order valence-corrected chi connectivity index (χ1v) is 9.55. The lowest BCUT2D eigenvalue weighted by Gasteiger charge is -2.15. The molecular formula is C22H24N4O. The van der Waals surface area contributed by atoms with Gasteiger partial charge in [0.05, 0.1) is 11.6 Å². The number of rotatable bonds is 7. The summed E-state index contributed by atoms with van der Waals surface area (Å²) in [5.74, 6) is 2.26. The van der Waals surface area contributed by atoms with Gasteiger partial charge in [-0.15, -0.1) is 0 Å². The van der Waals surface area contributed by atoms with Gasteiger partial charge in [0.15, 0.2) is 0 Å². The predicted octanol–water partition coefficient (Wildman–Crippen LogP) is 4.19. The minimum Gasteiger partial charge on any atom is -0.369 e. The molecule has 1 saturated carbocycles. The molecule has 1 atom stereocenters. The Bertz CT molecular complexity index is 937. The van der Waals surface area contributed by atoms with Gasteiger partial charge in [0.1, 0.15) is 11.6 Å². The molecule has 2 aromatic carbocycles. The van der Waals surface area contributed by atoms with Crippen LogP contribution in [0.3, 0.4) is 0 Å². The second kappa shape index (κ2) is 7.74. The molecule has 0 aliphatic heterocycles. The fraction of sp³-hybridized carbons (Fsp3) is 0.318. The summed E-state index contributed by atoms with van der Waals surface area (Å²) >= 11 is 0. The molecular weight excluding hydrogens is 336 g/mol. The summed E-state index contributed by atoms with van der Waals surface area (Å²) in [5.41, 5.74) is 2.06. The Morgan fingerprint density at radius 1 is 1.07 bits per heavy atom. The van der Waals surface area contributed by atoms with Gasteiger partial charge in [-0.1, -0.05) is 42.5 Å². The van der Waals surface area contributed by atoms with E-state index in [4.69, 9.17) is 4.98 Å². The van der Waals surface area contributed by atoms with Crippen LogP contribution in [0.25, 0.3) is 10.9 Å². The third-order valence-electron chi connectivity index (χ3n) is 4.88. The molecule has 27 heavy (non-hydrogen) atoms. The standard InChI is InChI=1S/C22H24N4O/c1-15(16-7-3-2-4-8-16)24-20(27)13-14-23-22-18-9-5-6-10-19(18)25-21(26-22)17-11-12-17/h2-10,15,17H,11-14H2,1H3,(H,24,27)(H,23,25,26)/t15-/m0/s1. The molecule has 0 spiro atoms. The van der Waals surface area contributed by atoms with Crippen LogP contribution in [0.1, 0.15) is 49.5 Å². The zero-order chi connectivity index (χ0) is 18.6. The number of anilines is 1. The van der Waals surface area contributed by atoms with E-state index in [1.807, 2.05) is 61.5 Å². The summed E-state index contributed by atoms with van der Waals surface area (Å²) in [5, 5.41) is 7.39. The van der Waals surface area contributed by atoms with Crippen molar-refractivity contribution in [2.45, 2.75) is 38.1 Å². The zero-order valence-electron chi connectivity index (χ0n) is 15.5. The van der Waals surface area contributed by atoms with Gasteiger partial charge < -0.3 is 10.6 Å². The number of fused-ring (bicyclic) bond motifs is 1. The fourth-order valence-corrected chi connectivity index (χ4v) is 3.19. The van der Waals surface area contributed by atoms with E-state index < -0.39 is 0 Å². The van der Waals surface area contributed by atoms with Gasteiger partial charge in [-0.2, -0.15) is 0 Å². The van der Waals surface area contributed by atoms with Crippen molar-refractivity contribution in [1.29, 1.82) is 0 Å². The first-order chi connectivity index (χ1) is 13.2. The number of carbonyl (C=O) groups is 1. The van der Waals surface area contributed by atoms with Crippen molar-refractivity contribution in [1.82, 2.24) is 15.3 Å². The van der Waals surface area contributed by atoms with Crippen molar-refractivity contribution in [3.63, 3.8) is 0 Å². The maximum atomic E-state index is 12.3. The Hall–Kier alpha value is -2.95. The van der Waals surface area contributed by atoms with Crippen LogP contribution in [0.15, 0.2) is 54.6 Å². The van der Waals surface area contributed by atoms with E-state index in [-0.39, 0.29) is 11.9 Å². The lowest BCUT2D eigenvalue weighted by molar-refractivity contribution is -0.121. The highest BCUT2D eigenvalue weighted by molar-refractivity contribution is 5.89. The molecule has 138 valence electrons. The molecule has 5 nitrogen and oxygen atoms in total. The van der Waals surface area contributed by atoms with Crippen molar-refractivity contribution < 1.29 is 4.79 Å². The normalized spacial score (nSPS) is 14.7. The summed E-state index contributed by atoms with van der Waals surface area (Å²) in [6.07, 6.45) is 2.73. The highest BCUT2D eigenvalue weighted by Crippen LogP contribution is 2.39. The summed E-state index contributed by atoms with van der Waals surface area (Å²) in [4.78, 5) is 21.7. The topological polar surface area (TPSA) is 66.9 Å². The third-order valence-corrected chi connectivity index (χ3v) is 4.88. The van der Waals surface area contributed by atoms with E-state index in [0.717, 1.165) is 41.0 Å². The van der Waals surface area contributed by atoms with Gasteiger partial charge in [-0.25, -0.2) is 9.97 Å². The first-order valence-electron chi connectivity index (χ1n) is 9.55. The molecule has 0 unspecified atom stereocenters. The minimum absolute atomic E-state index is 0.0000460. The number of hydrogen-bond acceptors (Lipinski definition) is 4. The number of para-hydroxylation sites is 1. The number of benzene rings is 2. The first kappa shape index (κ1) is 17.5.